The molecular weight excluding hydrogens is 204 g/mol. The third-order valence-electron chi connectivity index (χ3n) is 3.32. The van der Waals surface area contributed by atoms with Gasteiger partial charge in [-0.2, -0.15) is 0 Å². The van der Waals surface area contributed by atoms with Crippen molar-refractivity contribution in [2.45, 2.75) is 12.5 Å². The third kappa shape index (κ3) is 1.20. The first kappa shape index (κ1) is 9.81. The lowest BCUT2D eigenvalue weighted by Gasteiger charge is -2.36. The molecule has 1 N–H and O–H groups in total. The minimum atomic E-state index is -0.806. The normalized spacial score (nSPS) is 18.7. The summed E-state index contributed by atoms with van der Waals surface area (Å²) in [5, 5.41) is 10.2. The predicted octanol–water partition coefficient (Wildman–Crippen LogP) is 1.10. The van der Waals surface area contributed by atoms with Crippen LogP contribution in [-0.2, 0) is 17.4 Å². The fourth-order valence-corrected chi connectivity index (χ4v) is 2.07. The molecule has 1 aromatic heterocycles. The number of rotatable bonds is 1. The molecule has 0 unspecified atom stereocenters. The van der Waals surface area contributed by atoms with E-state index >= 15 is 0 Å². The van der Waals surface area contributed by atoms with Gasteiger partial charge in [-0.1, -0.05) is 6.07 Å². The van der Waals surface area contributed by atoms with Crippen LogP contribution in [0.4, 0.5) is 0 Å². The van der Waals surface area contributed by atoms with Gasteiger partial charge in [-0.25, -0.2) is 4.98 Å². The summed E-state index contributed by atoms with van der Waals surface area (Å²) in [6, 6.07) is 5.90. The van der Waals surface area contributed by atoms with E-state index in [-0.39, 0.29) is 0 Å². The van der Waals surface area contributed by atoms with Crippen molar-refractivity contribution in [2.75, 3.05) is 13.2 Å². The molecule has 2 aromatic rings. The first-order valence-electron chi connectivity index (χ1n) is 5.34. The van der Waals surface area contributed by atoms with Gasteiger partial charge in [-0.05, 0) is 24.6 Å². The van der Waals surface area contributed by atoms with Crippen LogP contribution in [0, 0.1) is 6.92 Å². The number of nitrogens with zero attached hydrogens (tertiary/aromatic N) is 2. The average molecular weight is 218 g/mol. The number of ether oxygens (including phenoxy) is 1. The number of aliphatic hydroxyl groups is 1. The van der Waals surface area contributed by atoms with Crippen LogP contribution in [0.5, 0.6) is 0 Å². The molecule has 0 atom stereocenters. The molecule has 2 heterocycles. The molecule has 1 aromatic carbocycles. The zero-order valence-electron chi connectivity index (χ0n) is 9.40. The average Bonchev–Trinajstić information content (AvgIpc) is 2.51. The van der Waals surface area contributed by atoms with E-state index in [1.165, 1.54) is 0 Å². The van der Waals surface area contributed by atoms with Crippen LogP contribution in [0.2, 0.25) is 0 Å². The smallest absolute Gasteiger partial charge is 0.136 e. The van der Waals surface area contributed by atoms with Crippen LogP contribution >= 0.6 is 0 Å². The van der Waals surface area contributed by atoms with Gasteiger partial charge in [0.2, 0.25) is 0 Å². The van der Waals surface area contributed by atoms with Gasteiger partial charge in [0, 0.05) is 7.05 Å². The van der Waals surface area contributed by atoms with Gasteiger partial charge in [-0.3, -0.25) is 0 Å². The van der Waals surface area contributed by atoms with Gasteiger partial charge in [-0.15, -0.1) is 0 Å². The van der Waals surface area contributed by atoms with Crippen molar-refractivity contribution < 1.29 is 9.84 Å². The molecule has 16 heavy (non-hydrogen) atoms. The van der Waals surface area contributed by atoms with E-state index < -0.39 is 5.60 Å². The number of imidazole rings is 1. The Balaban J connectivity index is 2.16. The highest BCUT2D eigenvalue weighted by molar-refractivity contribution is 5.77. The van der Waals surface area contributed by atoms with E-state index in [4.69, 9.17) is 4.74 Å². The van der Waals surface area contributed by atoms with Crippen molar-refractivity contribution in [3.05, 3.63) is 29.6 Å². The molecule has 4 heteroatoms. The first-order valence-corrected chi connectivity index (χ1v) is 5.34. The van der Waals surface area contributed by atoms with E-state index in [9.17, 15) is 5.11 Å². The van der Waals surface area contributed by atoms with E-state index in [2.05, 4.69) is 4.98 Å². The maximum atomic E-state index is 10.2. The maximum absolute atomic E-state index is 10.2. The van der Waals surface area contributed by atoms with Crippen LogP contribution in [0.25, 0.3) is 11.0 Å². The fourth-order valence-electron chi connectivity index (χ4n) is 2.07. The fraction of sp³-hybridized carbons (Fsp3) is 0.417. The van der Waals surface area contributed by atoms with Crippen LogP contribution in [0.1, 0.15) is 11.4 Å². The summed E-state index contributed by atoms with van der Waals surface area (Å²) in [6.07, 6.45) is 0. The van der Waals surface area contributed by atoms with Gasteiger partial charge >= 0.3 is 0 Å². The molecule has 1 aliphatic heterocycles. The molecule has 0 spiro atoms. The zero-order chi connectivity index (χ0) is 11.3. The molecule has 0 aliphatic carbocycles. The van der Waals surface area contributed by atoms with Crippen molar-refractivity contribution in [3.8, 4) is 0 Å². The minimum Gasteiger partial charge on any atom is -0.380 e. The van der Waals surface area contributed by atoms with Gasteiger partial charge in [0.25, 0.3) is 0 Å². The van der Waals surface area contributed by atoms with Gasteiger partial charge in [0.15, 0.2) is 0 Å². The second-order valence-electron chi connectivity index (χ2n) is 4.45. The van der Waals surface area contributed by atoms with Crippen LogP contribution in [0.3, 0.4) is 0 Å². The zero-order valence-corrected chi connectivity index (χ0v) is 9.40. The largest absolute Gasteiger partial charge is 0.380 e. The monoisotopic (exact) mass is 218 g/mol. The van der Waals surface area contributed by atoms with Crippen LogP contribution < -0.4 is 0 Å². The molecule has 0 saturated carbocycles. The summed E-state index contributed by atoms with van der Waals surface area (Å²) in [5.74, 6) is 0.976. The molecule has 3 rings (SSSR count). The number of aromatic nitrogens is 2. The molecular formula is C12H14N2O2. The standard InChI is InChI=1S/C12H14N2O2/c1-8-13-10-5-9(12(15)6-16-7-12)3-4-11(10)14(8)2/h3-5,15H,6-7H2,1-2H3. The number of aryl methyl sites for hydroxylation is 2. The topological polar surface area (TPSA) is 47.3 Å². The molecule has 1 aliphatic rings. The molecule has 0 radical (unpaired) electrons. The Morgan fingerprint density at radius 2 is 2.19 bits per heavy atom. The van der Waals surface area contributed by atoms with Crippen molar-refractivity contribution in [1.82, 2.24) is 9.55 Å². The van der Waals surface area contributed by atoms with E-state index in [1.807, 2.05) is 36.7 Å². The van der Waals surface area contributed by atoms with Crippen molar-refractivity contribution in [3.63, 3.8) is 0 Å². The molecule has 1 fully saturated rings. The number of benzene rings is 1. The van der Waals surface area contributed by atoms with Crippen LogP contribution in [-0.4, -0.2) is 27.9 Å². The summed E-state index contributed by atoms with van der Waals surface area (Å²) in [5.41, 5.74) is 2.10. The van der Waals surface area contributed by atoms with E-state index in [0.29, 0.717) is 13.2 Å². The minimum absolute atomic E-state index is 0.379. The Morgan fingerprint density at radius 3 is 2.81 bits per heavy atom. The Morgan fingerprint density at radius 1 is 1.44 bits per heavy atom. The predicted molar refractivity (Wildman–Crippen MR) is 60.2 cm³/mol. The van der Waals surface area contributed by atoms with Crippen LogP contribution in [0.15, 0.2) is 18.2 Å². The summed E-state index contributed by atoms with van der Waals surface area (Å²) in [6.45, 7) is 2.73. The Kier molecular flexibility index (Phi) is 1.87. The number of hydrogen-bond donors (Lipinski definition) is 1. The highest BCUT2D eigenvalue weighted by Gasteiger charge is 2.38. The summed E-state index contributed by atoms with van der Waals surface area (Å²) in [4.78, 5) is 4.46. The van der Waals surface area contributed by atoms with Gasteiger partial charge in [0.1, 0.15) is 11.4 Å². The summed E-state index contributed by atoms with van der Waals surface area (Å²) in [7, 11) is 1.99. The van der Waals surface area contributed by atoms with Gasteiger partial charge < -0.3 is 14.4 Å². The first-order chi connectivity index (χ1) is 7.60. The molecule has 0 amide bonds. The maximum Gasteiger partial charge on any atom is 0.136 e. The number of fused-ring (bicyclic) bond motifs is 1. The van der Waals surface area contributed by atoms with Crippen molar-refractivity contribution in [1.29, 1.82) is 0 Å². The lowest BCUT2D eigenvalue weighted by molar-refractivity contribution is -0.184. The van der Waals surface area contributed by atoms with Crippen molar-refractivity contribution in [2.24, 2.45) is 7.05 Å². The Hall–Kier alpha value is -1.39. The molecule has 1 saturated heterocycles. The molecule has 84 valence electrons. The van der Waals surface area contributed by atoms with Gasteiger partial charge in [0.05, 0.1) is 24.2 Å². The molecule has 0 bridgehead atoms. The van der Waals surface area contributed by atoms with E-state index in [1.54, 1.807) is 0 Å². The lowest BCUT2D eigenvalue weighted by atomic mass is 9.92. The van der Waals surface area contributed by atoms with E-state index in [0.717, 1.165) is 22.4 Å². The highest BCUT2D eigenvalue weighted by Crippen LogP contribution is 2.31. The summed E-state index contributed by atoms with van der Waals surface area (Å²) < 4.78 is 7.10. The van der Waals surface area contributed by atoms with Crippen molar-refractivity contribution >= 4 is 11.0 Å². The second kappa shape index (κ2) is 3.06. The Bertz CT molecular complexity index is 555. The summed E-state index contributed by atoms with van der Waals surface area (Å²) >= 11 is 0. The lowest BCUT2D eigenvalue weighted by Crippen LogP contribution is -2.46. The third-order valence-corrected chi connectivity index (χ3v) is 3.32. The molecule has 4 nitrogen and oxygen atoms in total. The SMILES string of the molecule is Cc1nc2cc(C3(O)COC3)ccc2n1C. The number of hydrogen-bond acceptors (Lipinski definition) is 3. The quantitative estimate of drug-likeness (QED) is 0.779. The second-order valence-corrected chi connectivity index (χ2v) is 4.45. The highest BCUT2D eigenvalue weighted by atomic mass is 16.5. The Labute approximate surface area is 93.5 Å².